The molecule has 2 aromatic rings. The monoisotopic (exact) mass is 490 g/mol. The number of rotatable bonds is 7. The minimum atomic E-state index is -0.435. The van der Waals surface area contributed by atoms with Gasteiger partial charge in [0, 0.05) is 15.7 Å². The van der Waals surface area contributed by atoms with Gasteiger partial charge in [-0.05, 0) is 68.0 Å². The largest absolute Gasteiger partial charge is 0.496 e. The number of thiocarbonyl (C=S) groups is 1. The van der Waals surface area contributed by atoms with E-state index in [1.165, 1.54) is 0 Å². The van der Waals surface area contributed by atoms with Gasteiger partial charge in [-0.1, -0.05) is 22.0 Å². The van der Waals surface area contributed by atoms with Gasteiger partial charge in [-0.15, -0.1) is 0 Å². The van der Waals surface area contributed by atoms with Crippen LogP contribution in [0.4, 0.5) is 0 Å². The van der Waals surface area contributed by atoms with Crippen LogP contribution in [0.5, 0.6) is 11.5 Å². The minimum Gasteiger partial charge on any atom is -0.496 e. The Kier molecular flexibility index (Phi) is 7.33. The number of nitrogens with one attached hydrogen (secondary N) is 2. The molecule has 6 nitrogen and oxygen atoms in total. The van der Waals surface area contributed by atoms with Crippen molar-refractivity contribution >= 4 is 39.2 Å². The Morgan fingerprint density at radius 1 is 1.20 bits per heavy atom. The lowest BCUT2D eigenvalue weighted by atomic mass is 9.94. The Hall–Kier alpha value is -2.58. The third kappa shape index (κ3) is 5.12. The molecule has 1 heterocycles. The Morgan fingerprint density at radius 3 is 2.60 bits per heavy atom. The number of carbonyl (C=O) groups is 1. The lowest BCUT2D eigenvalue weighted by Crippen LogP contribution is -2.45. The van der Waals surface area contributed by atoms with Crippen molar-refractivity contribution in [2.45, 2.75) is 26.5 Å². The lowest BCUT2D eigenvalue weighted by Gasteiger charge is -2.30. The normalized spacial score (nSPS) is 15.9. The maximum atomic E-state index is 12.6. The second-order valence-corrected chi connectivity index (χ2v) is 7.93. The third-order valence-corrected chi connectivity index (χ3v) is 5.36. The zero-order valence-corrected chi connectivity index (χ0v) is 19.4. The summed E-state index contributed by atoms with van der Waals surface area (Å²) < 4.78 is 17.7. The van der Waals surface area contributed by atoms with Crippen LogP contribution in [0.15, 0.2) is 58.2 Å². The molecular formula is C22H23BrN2O4S. The number of methoxy groups -OCH3 is 1. The first-order valence-electron chi connectivity index (χ1n) is 9.43. The van der Waals surface area contributed by atoms with Crippen LogP contribution in [-0.4, -0.2) is 24.8 Å². The van der Waals surface area contributed by atoms with Crippen molar-refractivity contribution in [3.05, 3.63) is 69.3 Å². The van der Waals surface area contributed by atoms with Crippen molar-refractivity contribution in [3.8, 4) is 11.5 Å². The third-order valence-electron chi connectivity index (χ3n) is 4.61. The van der Waals surface area contributed by atoms with Crippen LogP contribution in [0.1, 0.15) is 31.0 Å². The zero-order chi connectivity index (χ0) is 21.7. The number of hydrogen-bond donors (Lipinski definition) is 2. The van der Waals surface area contributed by atoms with E-state index < -0.39 is 6.04 Å². The van der Waals surface area contributed by atoms with E-state index in [4.69, 9.17) is 26.4 Å². The summed E-state index contributed by atoms with van der Waals surface area (Å²) in [7, 11) is 1.62. The number of hydrogen-bond acceptors (Lipinski definition) is 5. The van der Waals surface area contributed by atoms with Crippen molar-refractivity contribution in [1.82, 2.24) is 10.6 Å². The molecule has 0 aliphatic carbocycles. The van der Waals surface area contributed by atoms with E-state index in [0.29, 0.717) is 35.3 Å². The number of halogens is 1. The first-order chi connectivity index (χ1) is 14.4. The van der Waals surface area contributed by atoms with E-state index in [1.807, 2.05) is 49.4 Å². The van der Waals surface area contributed by atoms with Crippen LogP contribution in [0.3, 0.4) is 0 Å². The quantitative estimate of drug-likeness (QED) is 0.440. The average molecular weight is 491 g/mol. The molecule has 1 unspecified atom stereocenters. The highest BCUT2D eigenvalue weighted by Crippen LogP contribution is 2.31. The molecule has 8 heteroatoms. The molecule has 1 aliphatic heterocycles. The van der Waals surface area contributed by atoms with Gasteiger partial charge in [-0.3, -0.25) is 0 Å². The summed E-state index contributed by atoms with van der Waals surface area (Å²) in [6.45, 7) is 4.20. The van der Waals surface area contributed by atoms with Gasteiger partial charge in [0.1, 0.15) is 18.1 Å². The first-order valence-corrected chi connectivity index (χ1v) is 10.6. The maximum Gasteiger partial charge on any atom is 0.338 e. The SMILES string of the molecule is CCOC(=O)C1=C(C)NC(=S)NC1c1ccc(OC)c(COc2ccc(Br)cc2)c1. The van der Waals surface area contributed by atoms with Crippen LogP contribution >= 0.6 is 28.1 Å². The summed E-state index contributed by atoms with van der Waals surface area (Å²) in [4.78, 5) is 12.6. The topological polar surface area (TPSA) is 68.8 Å². The Morgan fingerprint density at radius 2 is 1.93 bits per heavy atom. The van der Waals surface area contributed by atoms with Crippen LogP contribution in [0.25, 0.3) is 0 Å². The maximum absolute atomic E-state index is 12.6. The van der Waals surface area contributed by atoms with Crippen molar-refractivity contribution in [2.24, 2.45) is 0 Å². The number of ether oxygens (including phenoxy) is 3. The molecule has 158 valence electrons. The van der Waals surface area contributed by atoms with Gasteiger partial charge in [0.2, 0.25) is 0 Å². The fourth-order valence-electron chi connectivity index (χ4n) is 3.21. The molecule has 0 radical (unpaired) electrons. The highest BCUT2D eigenvalue weighted by atomic mass is 79.9. The van der Waals surface area contributed by atoms with Gasteiger partial charge >= 0.3 is 5.97 Å². The summed E-state index contributed by atoms with van der Waals surface area (Å²) in [6, 6.07) is 12.9. The van der Waals surface area contributed by atoms with Crippen molar-refractivity contribution in [2.75, 3.05) is 13.7 Å². The number of benzene rings is 2. The van der Waals surface area contributed by atoms with E-state index in [2.05, 4.69) is 26.6 Å². The summed E-state index contributed by atoms with van der Waals surface area (Å²) in [5, 5.41) is 6.63. The van der Waals surface area contributed by atoms with Crippen LogP contribution in [0, 0.1) is 0 Å². The summed E-state index contributed by atoms with van der Waals surface area (Å²) in [5.74, 6) is 1.06. The predicted molar refractivity (Wildman–Crippen MR) is 122 cm³/mol. The molecule has 1 atom stereocenters. The average Bonchev–Trinajstić information content (AvgIpc) is 2.72. The van der Waals surface area contributed by atoms with Gasteiger partial charge in [-0.25, -0.2) is 4.79 Å². The molecule has 0 aromatic heterocycles. The van der Waals surface area contributed by atoms with E-state index >= 15 is 0 Å². The molecule has 0 spiro atoms. The van der Waals surface area contributed by atoms with Crippen LogP contribution in [0.2, 0.25) is 0 Å². The lowest BCUT2D eigenvalue weighted by molar-refractivity contribution is -0.139. The number of esters is 1. The Labute approximate surface area is 189 Å². The van der Waals surface area contributed by atoms with Gasteiger partial charge in [-0.2, -0.15) is 0 Å². The highest BCUT2D eigenvalue weighted by molar-refractivity contribution is 9.10. The smallest absolute Gasteiger partial charge is 0.338 e. The molecule has 2 N–H and O–H groups in total. The highest BCUT2D eigenvalue weighted by Gasteiger charge is 2.31. The van der Waals surface area contributed by atoms with E-state index in [1.54, 1.807) is 14.0 Å². The van der Waals surface area contributed by atoms with E-state index in [-0.39, 0.29) is 5.97 Å². The molecule has 0 saturated heterocycles. The van der Waals surface area contributed by atoms with Crippen molar-refractivity contribution in [3.63, 3.8) is 0 Å². The van der Waals surface area contributed by atoms with E-state index in [9.17, 15) is 4.79 Å². The van der Waals surface area contributed by atoms with Gasteiger partial charge < -0.3 is 24.8 Å². The fourth-order valence-corrected chi connectivity index (χ4v) is 3.74. The second kappa shape index (κ2) is 9.95. The predicted octanol–water partition coefficient (Wildman–Crippen LogP) is 4.39. The Balaban J connectivity index is 1.91. The Bertz CT molecular complexity index is 976. The molecule has 0 saturated carbocycles. The van der Waals surface area contributed by atoms with E-state index in [0.717, 1.165) is 21.3 Å². The summed E-state index contributed by atoms with van der Waals surface area (Å²) in [6.07, 6.45) is 0. The molecule has 0 amide bonds. The first kappa shape index (κ1) is 22.1. The molecule has 3 rings (SSSR count). The second-order valence-electron chi connectivity index (χ2n) is 6.60. The van der Waals surface area contributed by atoms with Crippen molar-refractivity contribution < 1.29 is 19.0 Å². The van der Waals surface area contributed by atoms with Gasteiger partial charge in [0.15, 0.2) is 5.11 Å². The number of carbonyl (C=O) groups excluding carboxylic acids is 1. The fraction of sp³-hybridized carbons (Fsp3) is 0.273. The van der Waals surface area contributed by atoms with Gasteiger partial charge in [0.05, 0.1) is 25.3 Å². The van der Waals surface area contributed by atoms with Crippen molar-refractivity contribution in [1.29, 1.82) is 0 Å². The molecular weight excluding hydrogens is 468 g/mol. The molecule has 1 aliphatic rings. The molecule has 30 heavy (non-hydrogen) atoms. The molecule has 0 fully saturated rings. The molecule has 2 aromatic carbocycles. The summed E-state index contributed by atoms with van der Waals surface area (Å²) >= 11 is 8.72. The number of allylic oxidation sites excluding steroid dienone is 1. The van der Waals surface area contributed by atoms with Gasteiger partial charge in [0.25, 0.3) is 0 Å². The molecule has 0 bridgehead atoms. The minimum absolute atomic E-state index is 0.293. The van der Waals surface area contributed by atoms with Crippen LogP contribution < -0.4 is 20.1 Å². The zero-order valence-electron chi connectivity index (χ0n) is 17.0. The standard InChI is InChI=1S/C22H23BrN2O4S/c1-4-28-21(26)19-13(2)24-22(30)25-20(19)14-5-10-18(27-3)15(11-14)12-29-17-8-6-16(23)7-9-17/h5-11,20H,4,12H2,1-3H3,(H2,24,25,30). The van der Waals surface area contributed by atoms with Crippen LogP contribution in [-0.2, 0) is 16.1 Å². The summed E-state index contributed by atoms with van der Waals surface area (Å²) in [5.41, 5.74) is 2.88.